The van der Waals surface area contributed by atoms with E-state index in [1.807, 2.05) is 0 Å². The first-order chi connectivity index (χ1) is 9.40. The van der Waals surface area contributed by atoms with Gasteiger partial charge in [0.2, 0.25) is 5.95 Å². The summed E-state index contributed by atoms with van der Waals surface area (Å²) in [6.07, 6.45) is 0.874. The van der Waals surface area contributed by atoms with Crippen molar-refractivity contribution in [3.63, 3.8) is 0 Å². The molecule has 0 aliphatic heterocycles. The summed E-state index contributed by atoms with van der Waals surface area (Å²) >= 11 is 1.59. The van der Waals surface area contributed by atoms with E-state index in [9.17, 15) is 0 Å². The van der Waals surface area contributed by atoms with Crippen LogP contribution in [-0.4, -0.2) is 40.0 Å². The average Bonchev–Trinajstić information content (AvgIpc) is 2.31. The number of rotatable bonds is 8. The molecule has 1 heterocycles. The standard InChI is InChI=1S/C13H25N4OPS/c1-9(2)19(10(3)4)8-18-5-6-20-12-7-11(14)16-13(15)17-12/h7,9-10H,5-6,8H2,1-4H3,(H4,14,15,16,17). The molecule has 0 spiro atoms. The smallest absolute Gasteiger partial charge is 0.223 e. The van der Waals surface area contributed by atoms with Gasteiger partial charge < -0.3 is 16.2 Å². The van der Waals surface area contributed by atoms with Gasteiger partial charge in [0.15, 0.2) is 0 Å². The van der Waals surface area contributed by atoms with Gasteiger partial charge in [-0.25, -0.2) is 4.98 Å². The van der Waals surface area contributed by atoms with Crippen molar-refractivity contribution in [1.82, 2.24) is 9.97 Å². The van der Waals surface area contributed by atoms with Crippen molar-refractivity contribution in [2.24, 2.45) is 0 Å². The van der Waals surface area contributed by atoms with Crippen LogP contribution in [0.2, 0.25) is 0 Å². The molecule has 114 valence electrons. The van der Waals surface area contributed by atoms with E-state index in [-0.39, 0.29) is 13.9 Å². The minimum Gasteiger partial charge on any atom is -0.383 e. The first-order valence-corrected chi connectivity index (χ1v) is 9.41. The van der Waals surface area contributed by atoms with E-state index in [0.717, 1.165) is 17.1 Å². The second-order valence-electron chi connectivity index (χ2n) is 5.08. The molecule has 5 nitrogen and oxygen atoms in total. The predicted molar refractivity (Wildman–Crippen MR) is 89.6 cm³/mol. The zero-order chi connectivity index (χ0) is 15.1. The molecule has 0 amide bonds. The molecule has 7 heteroatoms. The van der Waals surface area contributed by atoms with Crippen LogP contribution < -0.4 is 11.5 Å². The topological polar surface area (TPSA) is 87.0 Å². The molecule has 0 bridgehead atoms. The van der Waals surface area contributed by atoms with Crippen molar-refractivity contribution in [2.75, 3.05) is 30.2 Å². The van der Waals surface area contributed by atoms with Crippen LogP contribution in [0.3, 0.4) is 0 Å². The van der Waals surface area contributed by atoms with Gasteiger partial charge in [0.05, 0.1) is 13.0 Å². The molecule has 1 aromatic rings. The highest BCUT2D eigenvalue weighted by Crippen LogP contribution is 2.45. The van der Waals surface area contributed by atoms with Crippen LogP contribution in [0.4, 0.5) is 11.8 Å². The highest BCUT2D eigenvalue weighted by molar-refractivity contribution is 7.99. The molecule has 1 aromatic heterocycles. The zero-order valence-corrected chi connectivity index (χ0v) is 14.4. The van der Waals surface area contributed by atoms with E-state index < -0.39 is 0 Å². The lowest BCUT2D eigenvalue weighted by atomic mass is 10.5. The van der Waals surface area contributed by atoms with Crippen LogP contribution in [0, 0.1) is 0 Å². The van der Waals surface area contributed by atoms with Crippen LogP contribution >= 0.6 is 19.7 Å². The normalized spacial score (nSPS) is 11.8. The van der Waals surface area contributed by atoms with Crippen molar-refractivity contribution < 1.29 is 4.74 Å². The summed E-state index contributed by atoms with van der Waals surface area (Å²) in [7, 11) is -0.0569. The second-order valence-corrected chi connectivity index (χ2v) is 9.54. The fourth-order valence-corrected chi connectivity index (χ4v) is 4.71. The minimum absolute atomic E-state index is 0.0569. The van der Waals surface area contributed by atoms with Gasteiger partial charge >= 0.3 is 0 Å². The molecule has 0 fully saturated rings. The maximum absolute atomic E-state index is 5.80. The Bertz CT molecular complexity index is 389. The van der Waals surface area contributed by atoms with Gasteiger partial charge in [0, 0.05) is 11.8 Å². The maximum atomic E-state index is 5.80. The van der Waals surface area contributed by atoms with E-state index in [0.29, 0.717) is 23.7 Å². The SMILES string of the molecule is CC(C)P(COCCSc1cc(N)nc(N)n1)C(C)C. The quantitative estimate of drug-likeness (QED) is 0.332. The van der Waals surface area contributed by atoms with E-state index in [1.54, 1.807) is 17.8 Å². The summed E-state index contributed by atoms with van der Waals surface area (Å²) in [5, 5.41) is 0.800. The number of thioether (sulfide) groups is 1. The third-order valence-corrected chi connectivity index (χ3v) is 6.79. The third kappa shape index (κ3) is 6.25. The summed E-state index contributed by atoms with van der Waals surface area (Å²) in [6, 6.07) is 1.73. The van der Waals surface area contributed by atoms with Gasteiger partial charge in [0.25, 0.3) is 0 Å². The molecule has 0 saturated heterocycles. The number of anilines is 2. The Hall–Kier alpha value is -0.580. The predicted octanol–water partition coefficient (Wildman–Crippen LogP) is 3.01. The molecule has 0 atom stereocenters. The van der Waals surface area contributed by atoms with E-state index >= 15 is 0 Å². The average molecular weight is 316 g/mol. The van der Waals surface area contributed by atoms with Crippen molar-refractivity contribution in [3.8, 4) is 0 Å². The molecular formula is C13H25N4OPS. The molecule has 0 radical (unpaired) electrons. The van der Waals surface area contributed by atoms with E-state index in [1.165, 1.54) is 0 Å². The van der Waals surface area contributed by atoms with E-state index in [2.05, 4.69) is 37.7 Å². The molecule has 4 N–H and O–H groups in total. The Balaban J connectivity index is 2.28. The van der Waals surface area contributed by atoms with Crippen LogP contribution in [0.1, 0.15) is 27.7 Å². The Morgan fingerprint density at radius 2 is 1.85 bits per heavy atom. The Morgan fingerprint density at radius 1 is 1.20 bits per heavy atom. The first-order valence-electron chi connectivity index (χ1n) is 6.76. The van der Waals surface area contributed by atoms with Crippen molar-refractivity contribution in [1.29, 1.82) is 0 Å². The largest absolute Gasteiger partial charge is 0.383 e. The summed E-state index contributed by atoms with van der Waals surface area (Å²) in [5.74, 6) is 1.47. The van der Waals surface area contributed by atoms with Crippen LogP contribution in [0.25, 0.3) is 0 Å². The van der Waals surface area contributed by atoms with Gasteiger partial charge in [0.1, 0.15) is 10.8 Å². The van der Waals surface area contributed by atoms with Crippen LogP contribution in [0.5, 0.6) is 0 Å². The Kier molecular flexibility index (Phi) is 7.56. The fraction of sp³-hybridized carbons (Fsp3) is 0.692. The number of nitrogens with two attached hydrogens (primary N) is 2. The Labute approximate surface area is 127 Å². The summed E-state index contributed by atoms with van der Waals surface area (Å²) < 4.78 is 5.80. The van der Waals surface area contributed by atoms with Gasteiger partial charge in [-0.05, 0) is 11.3 Å². The first kappa shape index (κ1) is 17.5. The van der Waals surface area contributed by atoms with Gasteiger partial charge in [-0.2, -0.15) is 4.98 Å². The van der Waals surface area contributed by atoms with Gasteiger partial charge in [-0.3, -0.25) is 0 Å². The molecular weight excluding hydrogens is 291 g/mol. The monoisotopic (exact) mass is 316 g/mol. The lowest BCUT2D eigenvalue weighted by molar-refractivity contribution is 0.197. The third-order valence-electron chi connectivity index (χ3n) is 2.78. The summed E-state index contributed by atoms with van der Waals surface area (Å²) in [5.41, 5.74) is 12.6. The van der Waals surface area contributed by atoms with Crippen molar-refractivity contribution >= 4 is 31.4 Å². The molecule has 0 aliphatic carbocycles. The number of nitrogen functional groups attached to an aromatic ring is 2. The number of hydrogen-bond donors (Lipinski definition) is 2. The number of ether oxygens (including phenoxy) is 1. The van der Waals surface area contributed by atoms with Crippen LogP contribution in [0.15, 0.2) is 11.1 Å². The summed E-state index contributed by atoms with van der Waals surface area (Å²) in [4.78, 5) is 7.96. The molecule has 0 aliphatic rings. The minimum atomic E-state index is -0.0569. The van der Waals surface area contributed by atoms with Gasteiger partial charge in [-0.1, -0.05) is 35.6 Å². The van der Waals surface area contributed by atoms with E-state index in [4.69, 9.17) is 16.2 Å². The number of hydrogen-bond acceptors (Lipinski definition) is 6. The highest BCUT2D eigenvalue weighted by atomic mass is 32.2. The van der Waals surface area contributed by atoms with Crippen molar-refractivity contribution in [3.05, 3.63) is 6.07 Å². The zero-order valence-electron chi connectivity index (χ0n) is 12.7. The fourth-order valence-electron chi connectivity index (χ4n) is 1.80. The number of aromatic nitrogens is 2. The van der Waals surface area contributed by atoms with Crippen LogP contribution in [-0.2, 0) is 4.74 Å². The second kappa shape index (κ2) is 8.65. The molecule has 1 rings (SSSR count). The molecule has 0 unspecified atom stereocenters. The number of nitrogens with zero attached hydrogens (tertiary/aromatic N) is 2. The van der Waals surface area contributed by atoms with Gasteiger partial charge in [-0.15, -0.1) is 11.8 Å². The lowest BCUT2D eigenvalue weighted by Crippen LogP contribution is -2.10. The molecule has 20 heavy (non-hydrogen) atoms. The maximum Gasteiger partial charge on any atom is 0.223 e. The highest BCUT2D eigenvalue weighted by Gasteiger charge is 2.16. The Morgan fingerprint density at radius 3 is 2.40 bits per heavy atom. The lowest BCUT2D eigenvalue weighted by Gasteiger charge is -2.25. The molecule has 0 saturated carbocycles. The molecule has 0 aromatic carbocycles. The van der Waals surface area contributed by atoms with Crippen molar-refractivity contribution in [2.45, 2.75) is 44.0 Å². The summed E-state index contributed by atoms with van der Waals surface area (Å²) in [6.45, 7) is 9.81.